The van der Waals surface area contributed by atoms with Gasteiger partial charge in [0.2, 0.25) is 0 Å². The van der Waals surface area contributed by atoms with Gasteiger partial charge in [0.05, 0.1) is 10.0 Å². The van der Waals surface area contributed by atoms with Crippen LogP contribution in [0.2, 0.25) is 15.1 Å². The zero-order chi connectivity index (χ0) is 16.4. The predicted octanol–water partition coefficient (Wildman–Crippen LogP) is 5.93. The molecule has 120 valence electrons. The highest BCUT2D eigenvalue weighted by atomic mass is 35.5. The van der Waals surface area contributed by atoms with Gasteiger partial charge in [-0.05, 0) is 30.3 Å². The van der Waals surface area contributed by atoms with E-state index in [0.717, 1.165) is 11.3 Å². The van der Waals surface area contributed by atoms with Crippen molar-refractivity contribution < 1.29 is 4.79 Å². The summed E-state index contributed by atoms with van der Waals surface area (Å²) in [6.45, 7) is 0.650. The lowest BCUT2D eigenvalue weighted by Gasteiger charge is -2.25. The summed E-state index contributed by atoms with van der Waals surface area (Å²) in [6, 6.07) is 12.3. The van der Waals surface area contributed by atoms with Crippen LogP contribution in [0.25, 0.3) is 0 Å². The number of halogens is 3. The number of hydrogen-bond acceptors (Lipinski definition) is 2. The zero-order valence-electron chi connectivity index (χ0n) is 11.9. The number of rotatable bonds is 2. The first kappa shape index (κ1) is 16.8. The van der Waals surface area contributed by atoms with Crippen LogP contribution in [0.4, 0.5) is 10.5 Å². The summed E-state index contributed by atoms with van der Waals surface area (Å²) >= 11 is 19.9. The molecule has 0 radical (unpaired) electrons. The van der Waals surface area contributed by atoms with Gasteiger partial charge in [0.1, 0.15) is 5.37 Å². The number of amides is 2. The molecular weight excluding hydrogens is 375 g/mol. The van der Waals surface area contributed by atoms with Crippen molar-refractivity contribution in [2.45, 2.75) is 5.37 Å². The standard InChI is InChI=1S/C16H13Cl3N2OS/c17-10-4-6-11(7-5-10)20-16(22)21-8-9-23-15(21)12-2-1-3-13(18)14(12)19/h1-7,15H,8-9H2,(H,20,22)/t15-/m0/s1. The molecule has 0 bridgehead atoms. The molecule has 3 nitrogen and oxygen atoms in total. The minimum absolute atomic E-state index is 0.145. The quantitative estimate of drug-likeness (QED) is 0.693. The number of carbonyl (C=O) groups is 1. The Morgan fingerprint density at radius 1 is 1.13 bits per heavy atom. The average molecular weight is 388 g/mol. The second kappa shape index (κ2) is 7.22. The van der Waals surface area contributed by atoms with Crippen molar-refractivity contribution in [3.8, 4) is 0 Å². The van der Waals surface area contributed by atoms with Crippen molar-refractivity contribution in [3.63, 3.8) is 0 Å². The van der Waals surface area contributed by atoms with Crippen LogP contribution >= 0.6 is 46.6 Å². The normalized spacial score (nSPS) is 17.3. The van der Waals surface area contributed by atoms with E-state index in [4.69, 9.17) is 34.8 Å². The summed E-state index contributed by atoms with van der Waals surface area (Å²) in [5, 5.41) is 4.36. The van der Waals surface area contributed by atoms with E-state index in [0.29, 0.717) is 27.3 Å². The molecule has 1 N–H and O–H groups in total. The number of nitrogens with zero attached hydrogens (tertiary/aromatic N) is 1. The molecule has 0 unspecified atom stereocenters. The molecule has 1 aliphatic rings. The van der Waals surface area contributed by atoms with Crippen LogP contribution in [-0.4, -0.2) is 23.2 Å². The van der Waals surface area contributed by atoms with Crippen molar-refractivity contribution in [2.24, 2.45) is 0 Å². The second-order valence-electron chi connectivity index (χ2n) is 5.00. The Bertz CT molecular complexity index is 724. The maximum Gasteiger partial charge on any atom is 0.323 e. The van der Waals surface area contributed by atoms with Gasteiger partial charge in [0, 0.05) is 28.6 Å². The predicted molar refractivity (Wildman–Crippen MR) is 98.8 cm³/mol. The summed E-state index contributed by atoms with van der Waals surface area (Å²) in [5.74, 6) is 0.849. The van der Waals surface area contributed by atoms with Crippen LogP contribution in [0.1, 0.15) is 10.9 Å². The molecular formula is C16H13Cl3N2OS. The lowest BCUT2D eigenvalue weighted by Crippen LogP contribution is -2.34. The maximum atomic E-state index is 12.6. The first-order valence-corrected chi connectivity index (χ1v) is 9.13. The van der Waals surface area contributed by atoms with Crippen molar-refractivity contribution in [1.82, 2.24) is 4.90 Å². The largest absolute Gasteiger partial charge is 0.323 e. The molecule has 1 aliphatic heterocycles. The van der Waals surface area contributed by atoms with Crippen LogP contribution in [0.15, 0.2) is 42.5 Å². The van der Waals surface area contributed by atoms with Gasteiger partial charge in [-0.15, -0.1) is 11.8 Å². The first-order chi connectivity index (χ1) is 11.1. The molecule has 1 fully saturated rings. The number of hydrogen-bond donors (Lipinski definition) is 1. The molecule has 0 aromatic heterocycles. The molecule has 1 atom stereocenters. The number of nitrogens with one attached hydrogen (secondary N) is 1. The minimum Gasteiger partial charge on any atom is -0.308 e. The van der Waals surface area contributed by atoms with Gasteiger partial charge in [0.25, 0.3) is 0 Å². The van der Waals surface area contributed by atoms with Crippen LogP contribution in [0.3, 0.4) is 0 Å². The Kier molecular flexibility index (Phi) is 5.27. The Balaban J connectivity index is 1.79. The zero-order valence-corrected chi connectivity index (χ0v) is 15.0. The summed E-state index contributed by atoms with van der Waals surface area (Å²) < 4.78 is 0. The third kappa shape index (κ3) is 3.72. The fraction of sp³-hybridized carbons (Fsp3) is 0.188. The monoisotopic (exact) mass is 386 g/mol. The van der Waals surface area contributed by atoms with Gasteiger partial charge < -0.3 is 10.2 Å². The summed E-state index contributed by atoms with van der Waals surface area (Å²) in [6.07, 6.45) is 0. The maximum absolute atomic E-state index is 12.6. The first-order valence-electron chi connectivity index (χ1n) is 6.95. The van der Waals surface area contributed by atoms with E-state index < -0.39 is 0 Å². The summed E-state index contributed by atoms with van der Waals surface area (Å²) in [5.41, 5.74) is 1.56. The van der Waals surface area contributed by atoms with E-state index >= 15 is 0 Å². The highest BCUT2D eigenvalue weighted by molar-refractivity contribution is 7.99. The van der Waals surface area contributed by atoms with Gasteiger partial charge in [-0.3, -0.25) is 0 Å². The van der Waals surface area contributed by atoms with E-state index in [1.165, 1.54) is 0 Å². The molecule has 1 saturated heterocycles. The van der Waals surface area contributed by atoms with Crippen molar-refractivity contribution in [2.75, 3.05) is 17.6 Å². The van der Waals surface area contributed by atoms with Crippen LogP contribution in [-0.2, 0) is 0 Å². The lowest BCUT2D eigenvalue weighted by atomic mass is 10.2. The Morgan fingerprint density at radius 3 is 2.61 bits per heavy atom. The molecule has 2 aromatic rings. The van der Waals surface area contributed by atoms with Crippen LogP contribution in [0, 0.1) is 0 Å². The number of thioether (sulfide) groups is 1. The van der Waals surface area contributed by atoms with Crippen molar-refractivity contribution in [3.05, 3.63) is 63.1 Å². The molecule has 0 spiro atoms. The topological polar surface area (TPSA) is 32.3 Å². The highest BCUT2D eigenvalue weighted by Crippen LogP contribution is 2.42. The van der Waals surface area contributed by atoms with Crippen molar-refractivity contribution >= 4 is 58.3 Å². The average Bonchev–Trinajstić information content (AvgIpc) is 3.02. The molecule has 2 aromatic carbocycles. The van der Waals surface area contributed by atoms with Gasteiger partial charge in [-0.2, -0.15) is 0 Å². The molecule has 23 heavy (non-hydrogen) atoms. The molecule has 0 saturated carbocycles. The van der Waals surface area contributed by atoms with Crippen molar-refractivity contribution in [1.29, 1.82) is 0 Å². The van der Waals surface area contributed by atoms with E-state index in [2.05, 4.69) is 5.32 Å². The molecule has 7 heteroatoms. The number of carbonyl (C=O) groups excluding carboxylic acids is 1. The lowest BCUT2D eigenvalue weighted by molar-refractivity contribution is 0.214. The van der Waals surface area contributed by atoms with Gasteiger partial charge in [0.15, 0.2) is 0 Å². The molecule has 1 heterocycles. The Labute approximate surface area is 153 Å². The minimum atomic E-state index is -0.168. The number of anilines is 1. The smallest absolute Gasteiger partial charge is 0.308 e. The number of urea groups is 1. The van der Waals surface area contributed by atoms with Crippen LogP contribution < -0.4 is 5.32 Å². The highest BCUT2D eigenvalue weighted by Gasteiger charge is 2.32. The fourth-order valence-electron chi connectivity index (χ4n) is 2.38. The van der Waals surface area contributed by atoms with Gasteiger partial charge in [-0.25, -0.2) is 4.79 Å². The van der Waals surface area contributed by atoms with Crippen LogP contribution in [0.5, 0.6) is 0 Å². The molecule has 3 rings (SSSR count). The Morgan fingerprint density at radius 2 is 1.87 bits per heavy atom. The van der Waals surface area contributed by atoms with E-state index in [1.807, 2.05) is 12.1 Å². The van der Waals surface area contributed by atoms with E-state index in [1.54, 1.807) is 47.0 Å². The second-order valence-corrected chi connectivity index (χ2v) is 7.41. The number of benzene rings is 2. The third-order valence-corrected chi connectivity index (χ3v) is 5.82. The van der Waals surface area contributed by atoms with E-state index in [-0.39, 0.29) is 11.4 Å². The SMILES string of the molecule is O=C(Nc1ccc(Cl)cc1)N1CCS[C@H]1c1cccc(Cl)c1Cl. The van der Waals surface area contributed by atoms with E-state index in [9.17, 15) is 4.79 Å². The summed E-state index contributed by atoms with van der Waals surface area (Å²) in [7, 11) is 0. The van der Waals surface area contributed by atoms with Gasteiger partial charge >= 0.3 is 6.03 Å². The Hall–Kier alpha value is -1.07. The van der Waals surface area contributed by atoms with Gasteiger partial charge in [-0.1, -0.05) is 46.9 Å². The third-order valence-electron chi connectivity index (χ3n) is 3.49. The molecule has 2 amide bonds. The fourth-order valence-corrected chi connectivity index (χ4v) is 4.26. The summed E-state index contributed by atoms with van der Waals surface area (Å²) in [4.78, 5) is 14.3. The molecule has 0 aliphatic carbocycles.